The summed E-state index contributed by atoms with van der Waals surface area (Å²) in [5.41, 5.74) is 1.78. The maximum absolute atomic E-state index is 9.23. The van der Waals surface area contributed by atoms with E-state index < -0.39 is 5.54 Å². The lowest BCUT2D eigenvalue weighted by Gasteiger charge is -2.25. The Morgan fingerprint density at radius 1 is 1.11 bits per heavy atom. The van der Waals surface area contributed by atoms with Gasteiger partial charge in [-0.1, -0.05) is 30.3 Å². The second-order valence-corrected chi connectivity index (χ2v) is 5.89. The smallest absolute Gasteiger partial charge is 0.0633 e. The van der Waals surface area contributed by atoms with E-state index in [1.54, 1.807) is 18.3 Å². The summed E-state index contributed by atoms with van der Waals surface area (Å²) >= 11 is 1.68. The Bertz CT molecular complexity index is 506. The van der Waals surface area contributed by atoms with Crippen molar-refractivity contribution in [2.75, 3.05) is 13.2 Å². The van der Waals surface area contributed by atoms with Gasteiger partial charge in [-0.15, -0.1) is 11.3 Å². The summed E-state index contributed by atoms with van der Waals surface area (Å²) in [6.07, 6.45) is 0. The molecular weight excluding hydrogens is 258 g/mol. The van der Waals surface area contributed by atoms with Crippen LogP contribution in [0.25, 0.3) is 11.1 Å². The van der Waals surface area contributed by atoms with E-state index in [0.717, 1.165) is 0 Å². The van der Waals surface area contributed by atoms with E-state index in [9.17, 15) is 10.2 Å². The van der Waals surface area contributed by atoms with E-state index in [1.165, 1.54) is 16.0 Å². The Hall–Kier alpha value is -1.20. The number of rotatable bonds is 6. The van der Waals surface area contributed by atoms with Gasteiger partial charge < -0.3 is 15.5 Å². The third kappa shape index (κ3) is 3.64. The van der Waals surface area contributed by atoms with Crippen LogP contribution in [-0.2, 0) is 6.54 Å². The third-order valence-electron chi connectivity index (χ3n) is 3.15. The Morgan fingerprint density at radius 3 is 2.42 bits per heavy atom. The molecule has 0 atom stereocenters. The first kappa shape index (κ1) is 14.2. The highest BCUT2D eigenvalue weighted by atomic mass is 32.1. The van der Waals surface area contributed by atoms with Gasteiger partial charge in [0.05, 0.1) is 18.8 Å². The van der Waals surface area contributed by atoms with Gasteiger partial charge in [0.15, 0.2) is 0 Å². The van der Waals surface area contributed by atoms with Crippen molar-refractivity contribution >= 4 is 11.3 Å². The van der Waals surface area contributed by atoms with Crippen LogP contribution in [0.2, 0.25) is 0 Å². The van der Waals surface area contributed by atoms with Crippen LogP contribution in [0.3, 0.4) is 0 Å². The normalized spacial score (nSPS) is 11.7. The molecule has 2 rings (SSSR count). The molecule has 3 N–H and O–H groups in total. The fraction of sp³-hybridized carbons (Fsp3) is 0.333. The number of nitrogens with one attached hydrogen (secondary N) is 1. The second kappa shape index (κ2) is 6.30. The Balaban J connectivity index is 2.02. The number of aliphatic hydroxyl groups excluding tert-OH is 2. The van der Waals surface area contributed by atoms with E-state index >= 15 is 0 Å². The molecule has 0 amide bonds. The van der Waals surface area contributed by atoms with E-state index in [1.807, 2.05) is 18.2 Å². The van der Waals surface area contributed by atoms with Crippen LogP contribution < -0.4 is 5.32 Å². The standard InChI is InChI=1S/C15H19NO2S/c1-15(10-17,11-18)16-8-14-7-13(9-19-14)12-5-3-2-4-6-12/h2-7,9,16-18H,8,10-11H2,1H3. The monoisotopic (exact) mass is 277 g/mol. The van der Waals surface area contributed by atoms with Crippen LogP contribution in [0.4, 0.5) is 0 Å². The summed E-state index contributed by atoms with van der Waals surface area (Å²) in [5.74, 6) is 0. The van der Waals surface area contributed by atoms with E-state index in [2.05, 4.69) is 28.9 Å². The average Bonchev–Trinajstić information content (AvgIpc) is 2.95. The largest absolute Gasteiger partial charge is 0.394 e. The van der Waals surface area contributed by atoms with Crippen molar-refractivity contribution in [3.8, 4) is 11.1 Å². The highest BCUT2D eigenvalue weighted by molar-refractivity contribution is 7.10. The van der Waals surface area contributed by atoms with Gasteiger partial charge in [-0.3, -0.25) is 0 Å². The minimum Gasteiger partial charge on any atom is -0.394 e. The number of thiophene rings is 1. The number of hydrogen-bond acceptors (Lipinski definition) is 4. The van der Waals surface area contributed by atoms with Crippen LogP contribution in [0.5, 0.6) is 0 Å². The molecule has 0 saturated heterocycles. The lowest BCUT2D eigenvalue weighted by molar-refractivity contribution is 0.103. The molecule has 0 saturated carbocycles. The van der Waals surface area contributed by atoms with Gasteiger partial charge in [-0.2, -0.15) is 0 Å². The van der Waals surface area contributed by atoms with Crippen LogP contribution in [0.15, 0.2) is 41.8 Å². The first-order valence-corrected chi connectivity index (χ1v) is 7.14. The molecule has 2 aromatic rings. The molecule has 1 aromatic heterocycles. The van der Waals surface area contributed by atoms with Crippen molar-refractivity contribution in [2.24, 2.45) is 0 Å². The van der Waals surface area contributed by atoms with Crippen molar-refractivity contribution in [1.82, 2.24) is 5.32 Å². The summed E-state index contributed by atoms with van der Waals surface area (Å²) in [5, 5.41) is 23.8. The van der Waals surface area contributed by atoms with Gasteiger partial charge in [0.1, 0.15) is 0 Å². The molecule has 0 aliphatic rings. The zero-order chi connectivity index (χ0) is 13.7. The number of hydrogen-bond donors (Lipinski definition) is 3. The molecule has 1 aromatic carbocycles. The first-order valence-electron chi connectivity index (χ1n) is 6.26. The van der Waals surface area contributed by atoms with Crippen molar-refractivity contribution in [3.05, 3.63) is 46.7 Å². The van der Waals surface area contributed by atoms with Crippen LogP contribution >= 0.6 is 11.3 Å². The second-order valence-electron chi connectivity index (χ2n) is 4.90. The van der Waals surface area contributed by atoms with E-state index in [-0.39, 0.29) is 13.2 Å². The molecule has 102 valence electrons. The maximum Gasteiger partial charge on any atom is 0.0633 e. The van der Waals surface area contributed by atoms with Crippen LogP contribution in [-0.4, -0.2) is 29.0 Å². The summed E-state index contributed by atoms with van der Waals surface area (Å²) in [4.78, 5) is 1.19. The van der Waals surface area contributed by atoms with Crippen molar-refractivity contribution in [3.63, 3.8) is 0 Å². The van der Waals surface area contributed by atoms with Crippen molar-refractivity contribution in [1.29, 1.82) is 0 Å². The molecule has 19 heavy (non-hydrogen) atoms. The van der Waals surface area contributed by atoms with Gasteiger partial charge in [0.25, 0.3) is 0 Å². The molecule has 0 spiro atoms. The van der Waals surface area contributed by atoms with Crippen LogP contribution in [0, 0.1) is 0 Å². The SMILES string of the molecule is CC(CO)(CO)NCc1cc(-c2ccccc2)cs1. The maximum atomic E-state index is 9.23. The molecular formula is C15H19NO2S. The molecule has 0 radical (unpaired) electrons. The van der Waals surface area contributed by atoms with E-state index in [0.29, 0.717) is 6.54 Å². The lowest BCUT2D eigenvalue weighted by Crippen LogP contribution is -2.48. The Kier molecular flexibility index (Phi) is 4.71. The topological polar surface area (TPSA) is 52.5 Å². The first-order chi connectivity index (χ1) is 9.17. The zero-order valence-corrected chi connectivity index (χ0v) is 11.8. The zero-order valence-electron chi connectivity index (χ0n) is 11.0. The highest BCUT2D eigenvalue weighted by Crippen LogP contribution is 2.25. The predicted molar refractivity (Wildman–Crippen MR) is 79.2 cm³/mol. The van der Waals surface area contributed by atoms with Crippen LogP contribution in [0.1, 0.15) is 11.8 Å². The Morgan fingerprint density at radius 2 is 1.79 bits per heavy atom. The molecule has 4 heteroatoms. The lowest BCUT2D eigenvalue weighted by atomic mass is 10.1. The summed E-state index contributed by atoms with van der Waals surface area (Å²) in [6, 6.07) is 12.4. The molecule has 0 fully saturated rings. The number of benzene rings is 1. The molecule has 0 aliphatic carbocycles. The fourth-order valence-electron chi connectivity index (χ4n) is 1.72. The summed E-state index contributed by atoms with van der Waals surface area (Å²) in [7, 11) is 0. The van der Waals surface area contributed by atoms with Gasteiger partial charge >= 0.3 is 0 Å². The average molecular weight is 277 g/mol. The van der Waals surface area contributed by atoms with Gasteiger partial charge in [-0.25, -0.2) is 0 Å². The predicted octanol–water partition coefficient (Wildman–Crippen LogP) is 2.25. The Labute approximate surface area is 117 Å². The minimum absolute atomic E-state index is 0.0829. The molecule has 0 bridgehead atoms. The third-order valence-corrected chi connectivity index (χ3v) is 4.08. The van der Waals surface area contributed by atoms with Gasteiger partial charge in [0, 0.05) is 11.4 Å². The fourth-order valence-corrected chi connectivity index (χ4v) is 2.55. The van der Waals surface area contributed by atoms with Gasteiger partial charge in [0.2, 0.25) is 0 Å². The van der Waals surface area contributed by atoms with Crippen molar-refractivity contribution < 1.29 is 10.2 Å². The molecule has 0 unspecified atom stereocenters. The molecule has 1 heterocycles. The highest BCUT2D eigenvalue weighted by Gasteiger charge is 2.21. The van der Waals surface area contributed by atoms with Gasteiger partial charge in [-0.05, 0) is 29.5 Å². The molecule has 3 nitrogen and oxygen atoms in total. The number of aliphatic hydroxyl groups is 2. The summed E-state index contributed by atoms with van der Waals surface area (Å²) < 4.78 is 0. The molecule has 0 aliphatic heterocycles. The van der Waals surface area contributed by atoms with Crippen molar-refractivity contribution in [2.45, 2.75) is 19.0 Å². The van der Waals surface area contributed by atoms with E-state index in [4.69, 9.17) is 0 Å². The summed E-state index contributed by atoms with van der Waals surface area (Å²) in [6.45, 7) is 2.29. The quantitative estimate of drug-likeness (QED) is 0.759. The minimum atomic E-state index is -0.628.